The van der Waals surface area contributed by atoms with E-state index in [9.17, 15) is 9.59 Å². The number of unbranched alkanes of at least 4 members (excludes halogenated alkanes) is 3. The van der Waals surface area contributed by atoms with Gasteiger partial charge in [0, 0.05) is 6.61 Å². The zero-order valence-electron chi connectivity index (χ0n) is 11.1. The van der Waals surface area contributed by atoms with Crippen LogP contribution < -0.4 is 0 Å². The van der Waals surface area contributed by atoms with Crippen molar-refractivity contribution in [3.63, 3.8) is 0 Å². The Morgan fingerprint density at radius 3 is 2.26 bits per heavy atom. The Balaban J connectivity index is 4.00. The molecule has 0 fully saturated rings. The van der Waals surface area contributed by atoms with Crippen LogP contribution in [-0.2, 0) is 19.1 Å². The zero-order chi connectivity index (χ0) is 14.7. The molecular weight excluding hydrogens is 256 g/mol. The van der Waals surface area contributed by atoms with Crippen LogP contribution in [0.5, 0.6) is 0 Å². The number of aliphatic hydroxyl groups excluding tert-OH is 3. The molecule has 0 aliphatic carbocycles. The third-order valence-electron chi connectivity index (χ3n) is 2.39. The van der Waals surface area contributed by atoms with Crippen molar-refractivity contribution in [2.45, 2.75) is 44.8 Å². The van der Waals surface area contributed by atoms with Gasteiger partial charge in [-0.1, -0.05) is 26.2 Å². The van der Waals surface area contributed by atoms with Gasteiger partial charge in [0.1, 0.15) is 0 Å². The van der Waals surface area contributed by atoms with Crippen LogP contribution in [0.4, 0.5) is 0 Å². The van der Waals surface area contributed by atoms with Gasteiger partial charge in [-0.2, -0.15) is 0 Å². The lowest BCUT2D eigenvalue weighted by atomic mass is 10.2. The van der Waals surface area contributed by atoms with Gasteiger partial charge in [0.2, 0.25) is 0 Å². The van der Waals surface area contributed by atoms with Crippen LogP contribution in [0.2, 0.25) is 0 Å². The molecule has 7 heteroatoms. The van der Waals surface area contributed by atoms with Crippen molar-refractivity contribution < 1.29 is 34.4 Å². The molecule has 0 heterocycles. The molecule has 0 saturated carbocycles. The Morgan fingerprint density at radius 2 is 1.74 bits per heavy atom. The average molecular weight is 278 g/mol. The smallest absolute Gasteiger partial charge is 0.345 e. The van der Waals surface area contributed by atoms with Gasteiger partial charge in [-0.25, -0.2) is 9.59 Å². The lowest BCUT2D eigenvalue weighted by Gasteiger charge is -2.14. The van der Waals surface area contributed by atoms with Crippen molar-refractivity contribution in [3.8, 4) is 0 Å². The summed E-state index contributed by atoms with van der Waals surface area (Å²) in [6.45, 7) is 0.882. The summed E-state index contributed by atoms with van der Waals surface area (Å²) in [5, 5.41) is 26.4. The van der Waals surface area contributed by atoms with E-state index in [1.54, 1.807) is 0 Å². The van der Waals surface area contributed by atoms with Gasteiger partial charge in [-0.15, -0.1) is 0 Å². The largest absolute Gasteiger partial charge is 0.393 e. The average Bonchev–Trinajstić information content (AvgIpc) is 2.41. The van der Waals surface area contributed by atoms with Crippen molar-refractivity contribution >= 4 is 11.9 Å². The third-order valence-corrected chi connectivity index (χ3v) is 2.39. The molecule has 0 spiro atoms. The number of ether oxygens (including phenoxy) is 2. The second-order valence-electron chi connectivity index (χ2n) is 4.04. The van der Waals surface area contributed by atoms with Crippen molar-refractivity contribution in [1.82, 2.24) is 0 Å². The number of rotatable bonds is 10. The molecule has 112 valence electrons. The quantitative estimate of drug-likeness (QED) is 0.277. The van der Waals surface area contributed by atoms with Crippen LogP contribution in [0.1, 0.15) is 32.6 Å². The number of hydrogen-bond acceptors (Lipinski definition) is 7. The molecule has 7 nitrogen and oxygen atoms in total. The van der Waals surface area contributed by atoms with Crippen LogP contribution in [0, 0.1) is 0 Å². The molecule has 0 aliphatic rings. The Kier molecular flexibility index (Phi) is 10.3. The van der Waals surface area contributed by atoms with E-state index in [1.165, 1.54) is 0 Å². The first-order valence-electron chi connectivity index (χ1n) is 6.33. The second-order valence-corrected chi connectivity index (χ2v) is 4.04. The molecular formula is C12H22O7. The summed E-state index contributed by atoms with van der Waals surface area (Å²) in [6.07, 6.45) is 0.790. The molecule has 0 bridgehead atoms. The molecule has 0 rings (SSSR count). The first kappa shape index (κ1) is 18.0. The van der Waals surface area contributed by atoms with E-state index in [-0.39, 0.29) is 6.61 Å². The van der Waals surface area contributed by atoms with Crippen molar-refractivity contribution in [1.29, 1.82) is 0 Å². The van der Waals surface area contributed by atoms with E-state index in [2.05, 4.69) is 11.7 Å². The molecule has 0 radical (unpaired) electrons. The molecule has 0 saturated heterocycles. The Labute approximate surface area is 112 Å². The highest BCUT2D eigenvalue weighted by molar-refractivity contribution is 5.89. The molecule has 19 heavy (non-hydrogen) atoms. The monoisotopic (exact) mass is 278 g/mol. The van der Waals surface area contributed by atoms with E-state index >= 15 is 0 Å². The molecule has 2 unspecified atom stereocenters. The first-order chi connectivity index (χ1) is 9.06. The summed E-state index contributed by atoms with van der Waals surface area (Å²) in [5.41, 5.74) is 0. The maximum Gasteiger partial charge on any atom is 0.345 e. The number of carbonyl (C=O) groups is 2. The van der Waals surface area contributed by atoms with E-state index in [0.717, 1.165) is 25.7 Å². The van der Waals surface area contributed by atoms with E-state index in [1.807, 2.05) is 0 Å². The Hall–Kier alpha value is -1.02. The van der Waals surface area contributed by atoms with Gasteiger partial charge < -0.3 is 24.8 Å². The van der Waals surface area contributed by atoms with Crippen LogP contribution in [0.15, 0.2) is 0 Å². The highest BCUT2D eigenvalue weighted by Crippen LogP contribution is 2.03. The summed E-state index contributed by atoms with van der Waals surface area (Å²) in [7, 11) is 0. The van der Waals surface area contributed by atoms with E-state index in [0.29, 0.717) is 0 Å². The van der Waals surface area contributed by atoms with Gasteiger partial charge in [-0.05, 0) is 6.42 Å². The lowest BCUT2D eigenvalue weighted by molar-refractivity contribution is -0.175. The van der Waals surface area contributed by atoms with Gasteiger partial charge in [0.25, 0.3) is 0 Å². The van der Waals surface area contributed by atoms with Crippen LogP contribution >= 0.6 is 0 Å². The summed E-state index contributed by atoms with van der Waals surface area (Å²) in [4.78, 5) is 22.4. The van der Waals surface area contributed by atoms with Crippen LogP contribution in [0.3, 0.4) is 0 Å². The van der Waals surface area contributed by atoms with E-state index < -0.39 is 37.4 Å². The Bertz CT molecular complexity index is 267. The molecule has 2 atom stereocenters. The fourth-order valence-electron chi connectivity index (χ4n) is 1.26. The molecule has 0 aliphatic heterocycles. The van der Waals surface area contributed by atoms with Gasteiger partial charge in [0.05, 0.1) is 13.2 Å². The molecule has 0 aromatic heterocycles. The van der Waals surface area contributed by atoms with Crippen molar-refractivity contribution in [2.24, 2.45) is 0 Å². The van der Waals surface area contributed by atoms with Gasteiger partial charge >= 0.3 is 11.9 Å². The molecule has 0 amide bonds. The highest BCUT2D eigenvalue weighted by Gasteiger charge is 2.26. The molecule has 3 N–H and O–H groups in total. The summed E-state index contributed by atoms with van der Waals surface area (Å²) in [6, 6.07) is 0. The fourth-order valence-corrected chi connectivity index (χ4v) is 1.26. The minimum Gasteiger partial charge on any atom is -0.393 e. The molecule has 0 aromatic rings. The predicted molar refractivity (Wildman–Crippen MR) is 65.2 cm³/mol. The standard InChI is InChI=1S/C12H22O7/c1-2-3-4-5-6-18-10(8-14)12(17)19-11(16)9(15)7-13/h9-10,13-15H,2-8H2,1H3. The minimum atomic E-state index is -1.77. The SMILES string of the molecule is CCCCCCOC(CO)C(=O)OC(=O)C(O)CO. The van der Waals surface area contributed by atoms with Gasteiger partial charge in [0.15, 0.2) is 12.2 Å². The molecule has 0 aromatic carbocycles. The fraction of sp³-hybridized carbons (Fsp3) is 0.833. The van der Waals surface area contributed by atoms with Crippen molar-refractivity contribution in [2.75, 3.05) is 19.8 Å². The maximum atomic E-state index is 11.4. The Morgan fingerprint density at radius 1 is 1.05 bits per heavy atom. The summed E-state index contributed by atoms with van der Waals surface area (Å²) < 4.78 is 9.35. The van der Waals surface area contributed by atoms with Crippen LogP contribution in [-0.4, -0.2) is 59.3 Å². The summed E-state index contributed by atoms with van der Waals surface area (Å²) >= 11 is 0. The lowest BCUT2D eigenvalue weighted by Crippen LogP contribution is -2.36. The number of esters is 2. The minimum absolute atomic E-state index is 0.275. The van der Waals surface area contributed by atoms with Crippen molar-refractivity contribution in [3.05, 3.63) is 0 Å². The predicted octanol–water partition coefficient (Wildman–Crippen LogP) is -0.633. The first-order valence-corrected chi connectivity index (χ1v) is 6.33. The normalized spacial score (nSPS) is 13.9. The van der Waals surface area contributed by atoms with Gasteiger partial charge in [-0.3, -0.25) is 0 Å². The second kappa shape index (κ2) is 10.9. The van der Waals surface area contributed by atoms with Crippen LogP contribution in [0.25, 0.3) is 0 Å². The topological polar surface area (TPSA) is 113 Å². The number of aliphatic hydroxyl groups is 3. The van der Waals surface area contributed by atoms with E-state index in [4.69, 9.17) is 20.1 Å². The number of carbonyl (C=O) groups excluding carboxylic acids is 2. The maximum absolute atomic E-state index is 11.4. The zero-order valence-corrected chi connectivity index (χ0v) is 11.1. The third kappa shape index (κ3) is 7.89. The highest BCUT2D eigenvalue weighted by atomic mass is 16.6. The summed E-state index contributed by atoms with van der Waals surface area (Å²) in [5.74, 6) is -2.34. The number of hydrogen-bond donors (Lipinski definition) is 3.